The molecular formula is C16H16N4O2. The van der Waals surface area contributed by atoms with Crippen molar-refractivity contribution in [2.45, 2.75) is 6.92 Å². The van der Waals surface area contributed by atoms with E-state index >= 15 is 0 Å². The summed E-state index contributed by atoms with van der Waals surface area (Å²) in [6, 6.07) is 8.68. The summed E-state index contributed by atoms with van der Waals surface area (Å²) in [4.78, 5) is 12.3. The molecule has 0 unspecified atom stereocenters. The average molecular weight is 296 g/mol. The van der Waals surface area contributed by atoms with E-state index in [0.717, 1.165) is 11.1 Å². The normalized spacial score (nSPS) is 10.6. The zero-order chi connectivity index (χ0) is 15.7. The summed E-state index contributed by atoms with van der Waals surface area (Å²) in [5.74, 6) is -0.310. The zero-order valence-corrected chi connectivity index (χ0v) is 12.3. The first-order valence-electron chi connectivity index (χ1n) is 6.82. The number of aromatic amines is 1. The van der Waals surface area contributed by atoms with E-state index in [-0.39, 0.29) is 11.7 Å². The number of para-hydroxylation sites is 1. The lowest BCUT2D eigenvalue weighted by atomic mass is 10.1. The Bertz CT molecular complexity index is 812. The van der Waals surface area contributed by atoms with E-state index in [1.54, 1.807) is 12.1 Å². The number of phenolic OH excluding ortho intramolecular Hbond substituents is 1. The minimum Gasteiger partial charge on any atom is -0.506 e. The Morgan fingerprint density at radius 1 is 1.36 bits per heavy atom. The van der Waals surface area contributed by atoms with Gasteiger partial charge in [-0.15, -0.1) is 0 Å². The average Bonchev–Trinajstić information content (AvgIpc) is 3.11. The lowest BCUT2D eigenvalue weighted by Gasteiger charge is -2.08. The van der Waals surface area contributed by atoms with Crippen molar-refractivity contribution in [1.82, 2.24) is 14.8 Å². The van der Waals surface area contributed by atoms with Gasteiger partial charge in [0.15, 0.2) is 0 Å². The number of rotatable bonds is 3. The van der Waals surface area contributed by atoms with Crippen LogP contribution in [0.3, 0.4) is 0 Å². The number of phenols is 1. The van der Waals surface area contributed by atoms with Crippen molar-refractivity contribution in [1.29, 1.82) is 0 Å². The summed E-state index contributed by atoms with van der Waals surface area (Å²) in [6.45, 7) is 1.82. The topological polar surface area (TPSA) is 82.9 Å². The lowest BCUT2D eigenvalue weighted by molar-refractivity contribution is 0.102. The number of hydrogen-bond acceptors (Lipinski definition) is 3. The number of anilines is 1. The molecule has 0 fully saturated rings. The van der Waals surface area contributed by atoms with Crippen molar-refractivity contribution in [2.24, 2.45) is 7.05 Å². The summed E-state index contributed by atoms with van der Waals surface area (Å²) in [6.07, 6.45) is 3.83. The van der Waals surface area contributed by atoms with E-state index in [4.69, 9.17) is 0 Å². The molecule has 22 heavy (non-hydrogen) atoms. The molecule has 0 saturated heterocycles. The Morgan fingerprint density at radius 2 is 2.18 bits per heavy atom. The van der Waals surface area contributed by atoms with Gasteiger partial charge in [-0.2, -0.15) is 5.10 Å². The quantitative estimate of drug-likeness (QED) is 0.650. The number of aromatic hydroxyl groups is 1. The largest absolute Gasteiger partial charge is 0.506 e. The fourth-order valence-electron chi connectivity index (χ4n) is 2.24. The van der Waals surface area contributed by atoms with Gasteiger partial charge in [-0.25, -0.2) is 0 Å². The van der Waals surface area contributed by atoms with Crippen molar-refractivity contribution < 1.29 is 9.90 Å². The van der Waals surface area contributed by atoms with Crippen LogP contribution in [-0.4, -0.2) is 25.8 Å². The van der Waals surface area contributed by atoms with Gasteiger partial charge in [0.25, 0.3) is 5.91 Å². The van der Waals surface area contributed by atoms with Gasteiger partial charge in [-0.3, -0.25) is 9.89 Å². The number of aryl methyl sites for hydroxylation is 2. The van der Waals surface area contributed by atoms with Crippen LogP contribution >= 0.6 is 0 Å². The summed E-state index contributed by atoms with van der Waals surface area (Å²) < 4.78 is 1.91. The number of carbonyl (C=O) groups excluding carboxylic acids is 1. The Kier molecular flexibility index (Phi) is 3.42. The van der Waals surface area contributed by atoms with Crippen LogP contribution in [0, 0.1) is 6.92 Å². The molecular weight excluding hydrogens is 280 g/mol. The first kappa shape index (κ1) is 13.9. The van der Waals surface area contributed by atoms with Crippen molar-refractivity contribution >= 4 is 11.6 Å². The number of amides is 1. The van der Waals surface area contributed by atoms with Gasteiger partial charge in [0, 0.05) is 25.0 Å². The van der Waals surface area contributed by atoms with E-state index in [1.165, 1.54) is 6.07 Å². The third kappa shape index (κ3) is 2.58. The standard InChI is InChI=1S/C16H16N4O2/c1-10-4-3-5-14(21)15(10)17-16(22)13-8-12(18-19-13)11-6-7-20(2)9-11/h3-9,21H,1-2H3,(H,17,22)(H,18,19). The monoisotopic (exact) mass is 296 g/mol. The molecule has 3 aromatic rings. The molecule has 112 valence electrons. The number of carbonyl (C=O) groups is 1. The molecule has 0 spiro atoms. The molecule has 0 aliphatic carbocycles. The third-order valence-corrected chi connectivity index (χ3v) is 3.44. The summed E-state index contributed by atoms with van der Waals surface area (Å²) >= 11 is 0. The predicted octanol–water partition coefficient (Wildman–Crippen LogP) is 2.68. The van der Waals surface area contributed by atoms with Crippen molar-refractivity contribution in [3.05, 3.63) is 54.0 Å². The highest BCUT2D eigenvalue weighted by molar-refractivity contribution is 6.04. The van der Waals surface area contributed by atoms with Gasteiger partial charge in [0.05, 0.1) is 11.4 Å². The van der Waals surface area contributed by atoms with Gasteiger partial charge < -0.3 is 15.0 Å². The number of nitrogens with zero attached hydrogens (tertiary/aromatic N) is 2. The minimum absolute atomic E-state index is 0.0381. The number of hydrogen-bond donors (Lipinski definition) is 3. The van der Waals surface area contributed by atoms with Gasteiger partial charge in [-0.05, 0) is 30.7 Å². The first-order chi connectivity index (χ1) is 10.5. The van der Waals surface area contributed by atoms with Crippen LogP contribution in [0.25, 0.3) is 11.3 Å². The molecule has 1 aromatic carbocycles. The van der Waals surface area contributed by atoms with E-state index < -0.39 is 0 Å². The highest BCUT2D eigenvalue weighted by atomic mass is 16.3. The van der Waals surface area contributed by atoms with Crippen LogP contribution in [0.2, 0.25) is 0 Å². The fourth-order valence-corrected chi connectivity index (χ4v) is 2.24. The highest BCUT2D eigenvalue weighted by Crippen LogP contribution is 2.27. The Labute approximate surface area is 127 Å². The molecule has 3 rings (SSSR count). The summed E-state index contributed by atoms with van der Waals surface area (Å²) in [5.41, 5.74) is 3.15. The molecule has 1 amide bonds. The molecule has 6 heteroatoms. The Hall–Kier alpha value is -3.02. The first-order valence-corrected chi connectivity index (χ1v) is 6.82. The van der Waals surface area contributed by atoms with Crippen molar-refractivity contribution in [2.75, 3.05) is 5.32 Å². The molecule has 0 aliphatic heterocycles. The summed E-state index contributed by atoms with van der Waals surface area (Å²) in [5, 5.41) is 19.4. The predicted molar refractivity (Wildman–Crippen MR) is 83.8 cm³/mol. The van der Waals surface area contributed by atoms with Gasteiger partial charge in [-0.1, -0.05) is 12.1 Å². The van der Waals surface area contributed by atoms with Crippen molar-refractivity contribution in [3.8, 4) is 17.0 Å². The molecule has 2 aromatic heterocycles. The highest BCUT2D eigenvalue weighted by Gasteiger charge is 2.14. The molecule has 0 radical (unpaired) electrons. The molecule has 0 bridgehead atoms. The SMILES string of the molecule is Cc1cccc(O)c1NC(=O)c1cc(-c2ccn(C)c2)n[nH]1. The maximum absolute atomic E-state index is 12.3. The Balaban J connectivity index is 1.83. The van der Waals surface area contributed by atoms with Crippen LogP contribution < -0.4 is 5.32 Å². The van der Waals surface area contributed by atoms with Crippen LogP contribution in [0.1, 0.15) is 16.1 Å². The smallest absolute Gasteiger partial charge is 0.273 e. The Morgan fingerprint density at radius 3 is 2.86 bits per heavy atom. The van der Waals surface area contributed by atoms with Crippen LogP contribution in [-0.2, 0) is 7.05 Å². The van der Waals surface area contributed by atoms with Crippen LogP contribution in [0.15, 0.2) is 42.7 Å². The minimum atomic E-state index is -0.348. The number of H-pyrrole nitrogens is 1. The maximum Gasteiger partial charge on any atom is 0.273 e. The van der Waals surface area contributed by atoms with Crippen molar-refractivity contribution in [3.63, 3.8) is 0 Å². The van der Waals surface area contributed by atoms with Crippen LogP contribution in [0.4, 0.5) is 5.69 Å². The molecule has 0 aliphatic rings. The van der Waals surface area contributed by atoms with Gasteiger partial charge in [0.1, 0.15) is 11.4 Å². The molecule has 0 atom stereocenters. The molecule has 3 N–H and O–H groups in total. The van der Waals surface area contributed by atoms with Gasteiger partial charge >= 0.3 is 0 Å². The van der Waals surface area contributed by atoms with Gasteiger partial charge in [0.2, 0.25) is 0 Å². The molecule has 2 heterocycles. The second-order valence-corrected chi connectivity index (χ2v) is 5.16. The number of nitrogens with one attached hydrogen (secondary N) is 2. The summed E-state index contributed by atoms with van der Waals surface area (Å²) in [7, 11) is 1.92. The van der Waals surface area contributed by atoms with Crippen LogP contribution in [0.5, 0.6) is 5.75 Å². The lowest BCUT2D eigenvalue weighted by Crippen LogP contribution is -2.13. The molecule has 0 saturated carbocycles. The second-order valence-electron chi connectivity index (χ2n) is 5.16. The fraction of sp³-hybridized carbons (Fsp3) is 0.125. The zero-order valence-electron chi connectivity index (χ0n) is 12.3. The number of benzene rings is 1. The second kappa shape index (κ2) is 5.40. The van der Waals surface area contributed by atoms with E-state index in [9.17, 15) is 9.90 Å². The maximum atomic E-state index is 12.3. The van der Waals surface area contributed by atoms with E-state index in [2.05, 4.69) is 15.5 Å². The van der Waals surface area contributed by atoms with E-state index in [1.807, 2.05) is 43.1 Å². The molecule has 6 nitrogen and oxygen atoms in total. The van der Waals surface area contributed by atoms with E-state index in [0.29, 0.717) is 17.1 Å². The number of aromatic nitrogens is 3. The third-order valence-electron chi connectivity index (χ3n) is 3.44.